The fourth-order valence-electron chi connectivity index (χ4n) is 3.51. The largest absolute Gasteiger partial charge is 0.449 e. The average molecular weight is 448 g/mol. The van der Waals surface area contributed by atoms with Crippen molar-refractivity contribution in [3.63, 3.8) is 0 Å². The van der Waals surface area contributed by atoms with Crippen LogP contribution < -0.4 is 4.72 Å². The molecule has 0 aliphatic heterocycles. The Bertz CT molecular complexity index is 1240. The molecule has 9 heteroatoms. The fourth-order valence-corrected chi connectivity index (χ4v) is 5.96. The summed E-state index contributed by atoms with van der Waals surface area (Å²) < 4.78 is 35.0. The van der Waals surface area contributed by atoms with Gasteiger partial charge >= 0.3 is 6.09 Å². The number of aromatic nitrogens is 2. The van der Waals surface area contributed by atoms with Crippen LogP contribution in [0.5, 0.6) is 0 Å². The molecule has 1 N–H and O–H groups in total. The van der Waals surface area contributed by atoms with Gasteiger partial charge in [0.25, 0.3) is 0 Å². The number of hydrogen-bond donors (Lipinski definition) is 1. The molecule has 0 atom stereocenters. The van der Waals surface area contributed by atoms with Crippen LogP contribution in [0.4, 0.5) is 4.79 Å². The summed E-state index contributed by atoms with van der Waals surface area (Å²) in [7, 11) is -3.68. The smallest absolute Gasteiger partial charge is 0.418 e. The lowest BCUT2D eigenvalue weighted by molar-refractivity contribution is 0.155. The molecule has 0 spiro atoms. The number of nitrogens with zero attached hydrogens (tertiary/aromatic N) is 2. The van der Waals surface area contributed by atoms with Crippen molar-refractivity contribution in [1.29, 1.82) is 0 Å². The number of carbonyl (C=O) groups is 1. The highest BCUT2D eigenvalue weighted by molar-refractivity contribution is 7.89. The summed E-state index contributed by atoms with van der Waals surface area (Å²) in [6.07, 6.45) is 3.48. The number of benzene rings is 1. The SMILES string of the molecule is CCOC(=O)n1cc(Cc2sc(C)nc2C)c2ccc(S(=O)(=O)NC3(C)CC3)cc21. The number of nitrogens with one attached hydrogen (secondary N) is 1. The minimum atomic E-state index is -3.68. The van der Waals surface area contributed by atoms with Gasteiger partial charge in [0.15, 0.2) is 0 Å². The quantitative estimate of drug-likeness (QED) is 0.613. The highest BCUT2D eigenvalue weighted by atomic mass is 32.2. The van der Waals surface area contributed by atoms with Gasteiger partial charge in [0.2, 0.25) is 10.0 Å². The molecule has 1 aliphatic rings. The van der Waals surface area contributed by atoms with E-state index in [1.807, 2.05) is 20.8 Å². The van der Waals surface area contributed by atoms with E-state index < -0.39 is 16.1 Å². The monoisotopic (exact) mass is 447 g/mol. The number of hydrogen-bond acceptors (Lipinski definition) is 6. The minimum absolute atomic E-state index is 0.142. The first-order chi connectivity index (χ1) is 14.1. The third-order valence-corrected chi connectivity index (χ3v) is 8.07. The van der Waals surface area contributed by atoms with Crippen LogP contribution in [0.15, 0.2) is 29.3 Å². The van der Waals surface area contributed by atoms with E-state index in [4.69, 9.17) is 4.74 Å². The van der Waals surface area contributed by atoms with Crippen molar-refractivity contribution in [1.82, 2.24) is 14.3 Å². The van der Waals surface area contributed by atoms with Crippen molar-refractivity contribution in [3.8, 4) is 0 Å². The van der Waals surface area contributed by atoms with Gasteiger partial charge in [-0.2, -0.15) is 0 Å². The molecule has 0 bridgehead atoms. The van der Waals surface area contributed by atoms with Crippen LogP contribution in [0.25, 0.3) is 10.9 Å². The van der Waals surface area contributed by atoms with E-state index in [-0.39, 0.29) is 17.0 Å². The normalized spacial score (nSPS) is 15.5. The summed E-state index contributed by atoms with van der Waals surface area (Å²) in [6, 6.07) is 4.92. The summed E-state index contributed by atoms with van der Waals surface area (Å²) in [5.74, 6) is 0. The molecule has 2 heterocycles. The highest BCUT2D eigenvalue weighted by Gasteiger charge is 2.41. The molecule has 0 radical (unpaired) electrons. The number of fused-ring (bicyclic) bond motifs is 1. The van der Waals surface area contributed by atoms with Gasteiger partial charge in [0.1, 0.15) is 0 Å². The standard InChI is InChI=1S/C21H25N3O4S2/c1-5-28-20(25)24-12-15(10-19-13(2)22-14(3)29-19)17-7-6-16(11-18(17)24)30(26,27)23-21(4)8-9-21/h6-7,11-12,23H,5,8-10H2,1-4H3. The van der Waals surface area contributed by atoms with Gasteiger partial charge in [-0.15, -0.1) is 11.3 Å². The van der Waals surface area contributed by atoms with Crippen LogP contribution in [0.3, 0.4) is 0 Å². The van der Waals surface area contributed by atoms with Crippen molar-refractivity contribution >= 4 is 38.4 Å². The van der Waals surface area contributed by atoms with Crippen molar-refractivity contribution in [2.24, 2.45) is 0 Å². The first-order valence-electron chi connectivity index (χ1n) is 9.90. The lowest BCUT2D eigenvalue weighted by Gasteiger charge is -2.12. The van der Waals surface area contributed by atoms with Gasteiger partial charge < -0.3 is 4.74 Å². The van der Waals surface area contributed by atoms with Crippen LogP contribution in [0.1, 0.15) is 47.8 Å². The van der Waals surface area contributed by atoms with E-state index >= 15 is 0 Å². The number of aryl methyl sites for hydroxylation is 2. The van der Waals surface area contributed by atoms with Gasteiger partial charge in [-0.3, -0.25) is 4.57 Å². The maximum absolute atomic E-state index is 12.8. The number of carbonyl (C=O) groups excluding carboxylic acids is 1. The summed E-state index contributed by atoms with van der Waals surface area (Å²) in [6.45, 7) is 7.80. The van der Waals surface area contributed by atoms with E-state index in [1.165, 1.54) is 4.57 Å². The first kappa shape index (κ1) is 21.0. The van der Waals surface area contributed by atoms with Crippen molar-refractivity contribution < 1.29 is 17.9 Å². The van der Waals surface area contributed by atoms with Crippen LogP contribution in [-0.4, -0.2) is 36.2 Å². The molecule has 30 heavy (non-hydrogen) atoms. The second-order valence-electron chi connectivity index (χ2n) is 7.99. The third kappa shape index (κ3) is 4.01. The van der Waals surface area contributed by atoms with Crippen LogP contribution in [-0.2, 0) is 21.2 Å². The maximum Gasteiger partial charge on any atom is 0.418 e. The van der Waals surface area contributed by atoms with Gasteiger partial charge in [-0.05, 0) is 58.2 Å². The Balaban J connectivity index is 1.80. The Morgan fingerprint density at radius 2 is 2.07 bits per heavy atom. The molecule has 7 nitrogen and oxygen atoms in total. The van der Waals surface area contributed by atoms with E-state index in [0.29, 0.717) is 11.9 Å². The zero-order valence-electron chi connectivity index (χ0n) is 17.5. The molecule has 4 rings (SSSR count). The van der Waals surface area contributed by atoms with Gasteiger partial charge in [0, 0.05) is 28.4 Å². The molecule has 0 saturated heterocycles. The second kappa shape index (κ2) is 7.47. The van der Waals surface area contributed by atoms with Crippen LogP contribution in [0, 0.1) is 13.8 Å². The molecule has 0 unspecified atom stereocenters. The summed E-state index contributed by atoms with van der Waals surface area (Å²) in [4.78, 5) is 18.3. The molecular weight excluding hydrogens is 422 g/mol. The lowest BCUT2D eigenvalue weighted by atomic mass is 10.1. The lowest BCUT2D eigenvalue weighted by Crippen LogP contribution is -2.34. The molecule has 1 aromatic carbocycles. The predicted octanol–water partition coefficient (Wildman–Crippen LogP) is 4.14. The molecule has 2 aromatic heterocycles. The summed E-state index contributed by atoms with van der Waals surface area (Å²) in [5, 5.41) is 1.81. The van der Waals surface area contributed by atoms with Crippen LogP contribution >= 0.6 is 11.3 Å². The topological polar surface area (TPSA) is 90.3 Å². The zero-order chi connectivity index (χ0) is 21.7. The molecule has 1 fully saturated rings. The van der Waals surface area contributed by atoms with Gasteiger partial charge in [0.05, 0.1) is 27.7 Å². The van der Waals surface area contributed by atoms with E-state index in [1.54, 1.807) is 42.7 Å². The van der Waals surface area contributed by atoms with Crippen molar-refractivity contribution in [2.45, 2.75) is 57.4 Å². The second-order valence-corrected chi connectivity index (χ2v) is 11.0. The van der Waals surface area contributed by atoms with E-state index in [0.717, 1.165) is 39.4 Å². The van der Waals surface area contributed by atoms with Gasteiger partial charge in [-0.1, -0.05) is 6.07 Å². The summed E-state index contributed by atoms with van der Waals surface area (Å²) in [5.41, 5.74) is 2.04. The minimum Gasteiger partial charge on any atom is -0.449 e. The van der Waals surface area contributed by atoms with E-state index in [9.17, 15) is 13.2 Å². The Labute approximate surface area is 180 Å². The third-order valence-electron chi connectivity index (χ3n) is 5.37. The molecule has 160 valence electrons. The fraction of sp³-hybridized carbons (Fsp3) is 0.429. The summed E-state index contributed by atoms with van der Waals surface area (Å²) >= 11 is 1.62. The van der Waals surface area contributed by atoms with Gasteiger partial charge in [-0.25, -0.2) is 22.9 Å². The maximum atomic E-state index is 12.8. The number of thiazole rings is 1. The number of rotatable bonds is 6. The Morgan fingerprint density at radius 1 is 1.33 bits per heavy atom. The first-order valence-corrected chi connectivity index (χ1v) is 12.2. The Morgan fingerprint density at radius 3 is 2.67 bits per heavy atom. The molecule has 1 aliphatic carbocycles. The Hall–Kier alpha value is -2.23. The zero-order valence-corrected chi connectivity index (χ0v) is 19.1. The number of sulfonamides is 1. The van der Waals surface area contributed by atoms with Crippen molar-refractivity contribution in [3.05, 3.63) is 45.5 Å². The van der Waals surface area contributed by atoms with Crippen molar-refractivity contribution in [2.75, 3.05) is 6.61 Å². The molecule has 3 aromatic rings. The predicted molar refractivity (Wildman–Crippen MR) is 117 cm³/mol. The highest BCUT2D eigenvalue weighted by Crippen LogP contribution is 2.36. The van der Waals surface area contributed by atoms with Crippen LogP contribution in [0.2, 0.25) is 0 Å². The number of ether oxygens (including phenoxy) is 1. The Kier molecular flexibility index (Phi) is 5.24. The average Bonchev–Trinajstić information content (AvgIpc) is 3.14. The molecule has 1 saturated carbocycles. The molecule has 0 amide bonds. The van der Waals surface area contributed by atoms with E-state index in [2.05, 4.69) is 9.71 Å². The molecular formula is C21H25N3O4S2.